The van der Waals surface area contributed by atoms with E-state index in [4.69, 9.17) is 0 Å². The number of hydrogen-bond donors (Lipinski definition) is 0. The first-order chi connectivity index (χ1) is 10.9. The van der Waals surface area contributed by atoms with Gasteiger partial charge in [-0.3, -0.25) is 0 Å². The second-order valence-corrected chi connectivity index (χ2v) is 5.38. The van der Waals surface area contributed by atoms with Gasteiger partial charge in [0.15, 0.2) is 0 Å². The minimum atomic E-state index is 0.825. The van der Waals surface area contributed by atoms with Gasteiger partial charge >= 0.3 is 0 Å². The molecule has 0 aliphatic carbocycles. The number of hydrogen-bond acceptors (Lipinski definition) is 1. The summed E-state index contributed by atoms with van der Waals surface area (Å²) >= 11 is 0. The zero-order valence-corrected chi connectivity index (χ0v) is 12.2. The van der Waals surface area contributed by atoms with Crippen molar-refractivity contribution < 1.29 is 0 Å². The molecular weight excluding hydrogens is 268 g/mol. The van der Waals surface area contributed by atoms with Gasteiger partial charge in [0, 0.05) is 6.54 Å². The lowest BCUT2D eigenvalue weighted by Crippen LogP contribution is -1.99. The minimum absolute atomic E-state index is 0.825. The van der Waals surface area contributed by atoms with Gasteiger partial charge in [0.1, 0.15) is 0 Å². The van der Waals surface area contributed by atoms with Crippen molar-refractivity contribution in [1.29, 1.82) is 0 Å². The average molecular weight is 284 g/mol. The third-order valence-electron chi connectivity index (χ3n) is 3.97. The van der Waals surface area contributed by atoms with E-state index >= 15 is 0 Å². The molecule has 3 aromatic carbocycles. The smallest absolute Gasteiger partial charge is 0.0961 e. The fourth-order valence-corrected chi connectivity index (χ4v) is 2.88. The Bertz CT molecular complexity index is 907. The van der Waals surface area contributed by atoms with Crippen molar-refractivity contribution in [3.8, 4) is 11.1 Å². The molecule has 4 aromatic rings. The van der Waals surface area contributed by atoms with Crippen molar-refractivity contribution in [1.82, 2.24) is 9.55 Å². The van der Waals surface area contributed by atoms with E-state index in [0.717, 1.165) is 12.1 Å². The topological polar surface area (TPSA) is 17.8 Å². The molecule has 0 fully saturated rings. The molecule has 22 heavy (non-hydrogen) atoms. The first-order valence-electron chi connectivity index (χ1n) is 7.45. The molecule has 1 heterocycles. The molecule has 0 unspecified atom stereocenters. The van der Waals surface area contributed by atoms with Crippen LogP contribution in [0.25, 0.3) is 22.2 Å². The number of imidazole rings is 1. The Morgan fingerprint density at radius 2 is 1.45 bits per heavy atom. The van der Waals surface area contributed by atoms with Crippen LogP contribution in [0.3, 0.4) is 0 Å². The molecule has 0 saturated heterocycles. The van der Waals surface area contributed by atoms with Crippen LogP contribution < -0.4 is 0 Å². The molecular formula is C20H16N2. The molecule has 1 aromatic heterocycles. The molecule has 0 atom stereocenters. The monoisotopic (exact) mass is 284 g/mol. The van der Waals surface area contributed by atoms with Crippen molar-refractivity contribution in [3.63, 3.8) is 0 Å². The first kappa shape index (κ1) is 12.8. The third kappa shape index (κ3) is 2.29. The molecule has 2 nitrogen and oxygen atoms in total. The summed E-state index contributed by atoms with van der Waals surface area (Å²) in [6.07, 6.45) is 1.92. The fourth-order valence-electron chi connectivity index (χ4n) is 2.88. The minimum Gasteiger partial charge on any atom is -0.326 e. The number of nitrogens with zero attached hydrogens (tertiary/aromatic N) is 2. The lowest BCUT2D eigenvalue weighted by molar-refractivity contribution is 0.826. The highest BCUT2D eigenvalue weighted by Crippen LogP contribution is 2.25. The lowest BCUT2D eigenvalue weighted by atomic mass is 10.00. The number of benzene rings is 3. The van der Waals surface area contributed by atoms with E-state index in [9.17, 15) is 0 Å². The quantitative estimate of drug-likeness (QED) is 0.531. The zero-order valence-electron chi connectivity index (χ0n) is 12.2. The number of para-hydroxylation sites is 2. The molecule has 0 aliphatic rings. The summed E-state index contributed by atoms with van der Waals surface area (Å²) in [6, 6.07) is 27.4. The normalized spacial score (nSPS) is 10.9. The molecule has 0 aliphatic heterocycles. The Kier molecular flexibility index (Phi) is 3.20. The summed E-state index contributed by atoms with van der Waals surface area (Å²) in [5, 5.41) is 0. The van der Waals surface area contributed by atoms with Crippen LogP contribution in [0.15, 0.2) is 85.2 Å². The fraction of sp³-hybridized carbons (Fsp3) is 0.0500. The Morgan fingerprint density at radius 3 is 2.36 bits per heavy atom. The number of aromatic nitrogens is 2. The largest absolute Gasteiger partial charge is 0.326 e. The predicted octanol–water partition coefficient (Wildman–Crippen LogP) is 4.75. The molecule has 0 bridgehead atoms. The maximum Gasteiger partial charge on any atom is 0.0961 e. The predicted molar refractivity (Wildman–Crippen MR) is 90.7 cm³/mol. The summed E-state index contributed by atoms with van der Waals surface area (Å²) in [5.74, 6) is 0. The van der Waals surface area contributed by atoms with Crippen LogP contribution in [0.2, 0.25) is 0 Å². The van der Waals surface area contributed by atoms with E-state index in [0.29, 0.717) is 0 Å². The van der Waals surface area contributed by atoms with Crippen LogP contribution in [0.5, 0.6) is 0 Å². The summed E-state index contributed by atoms with van der Waals surface area (Å²) in [7, 11) is 0. The van der Waals surface area contributed by atoms with E-state index in [2.05, 4.69) is 82.3 Å². The molecule has 0 radical (unpaired) electrons. The SMILES string of the molecule is c1ccc(-c2ccccc2Cn2cnc3ccccc32)cc1. The molecule has 0 N–H and O–H groups in total. The summed E-state index contributed by atoms with van der Waals surface area (Å²) < 4.78 is 2.21. The second-order valence-electron chi connectivity index (χ2n) is 5.38. The summed E-state index contributed by atoms with van der Waals surface area (Å²) in [6.45, 7) is 0.825. The molecule has 0 saturated carbocycles. The van der Waals surface area contributed by atoms with Gasteiger partial charge in [-0.25, -0.2) is 4.98 Å². The molecule has 106 valence electrons. The molecule has 2 heteroatoms. The maximum atomic E-state index is 4.48. The van der Waals surface area contributed by atoms with Gasteiger partial charge in [-0.1, -0.05) is 66.7 Å². The van der Waals surface area contributed by atoms with Gasteiger partial charge in [0.2, 0.25) is 0 Å². The average Bonchev–Trinajstić information content (AvgIpc) is 2.99. The van der Waals surface area contributed by atoms with Crippen LogP contribution in [0, 0.1) is 0 Å². The van der Waals surface area contributed by atoms with Gasteiger partial charge < -0.3 is 4.57 Å². The van der Waals surface area contributed by atoms with Crippen molar-refractivity contribution in [2.75, 3.05) is 0 Å². The maximum absolute atomic E-state index is 4.48. The summed E-state index contributed by atoms with van der Waals surface area (Å²) in [4.78, 5) is 4.48. The molecule has 4 rings (SSSR count). The van der Waals surface area contributed by atoms with Gasteiger partial charge in [-0.15, -0.1) is 0 Å². The van der Waals surface area contributed by atoms with Crippen LogP contribution in [-0.2, 0) is 6.54 Å². The van der Waals surface area contributed by atoms with E-state index < -0.39 is 0 Å². The van der Waals surface area contributed by atoms with Crippen LogP contribution in [0.4, 0.5) is 0 Å². The molecule has 0 amide bonds. The first-order valence-corrected chi connectivity index (χ1v) is 7.45. The Labute approximate surface area is 129 Å². The van der Waals surface area contributed by atoms with Crippen LogP contribution in [-0.4, -0.2) is 9.55 Å². The van der Waals surface area contributed by atoms with Crippen molar-refractivity contribution in [2.45, 2.75) is 6.54 Å². The van der Waals surface area contributed by atoms with E-state index in [1.165, 1.54) is 22.2 Å². The number of fused-ring (bicyclic) bond motifs is 1. The highest BCUT2D eigenvalue weighted by molar-refractivity contribution is 5.75. The third-order valence-corrected chi connectivity index (χ3v) is 3.97. The Balaban J connectivity index is 1.78. The van der Waals surface area contributed by atoms with Gasteiger partial charge in [-0.05, 0) is 28.8 Å². The Morgan fingerprint density at radius 1 is 0.727 bits per heavy atom. The zero-order chi connectivity index (χ0) is 14.8. The number of rotatable bonds is 3. The van der Waals surface area contributed by atoms with E-state index in [-0.39, 0.29) is 0 Å². The van der Waals surface area contributed by atoms with Gasteiger partial charge in [0.25, 0.3) is 0 Å². The van der Waals surface area contributed by atoms with Crippen molar-refractivity contribution >= 4 is 11.0 Å². The molecule has 0 spiro atoms. The van der Waals surface area contributed by atoms with Crippen LogP contribution >= 0.6 is 0 Å². The van der Waals surface area contributed by atoms with Crippen molar-refractivity contribution in [3.05, 3.63) is 90.8 Å². The standard InChI is InChI=1S/C20H16N2/c1-2-8-16(9-3-1)18-11-5-4-10-17(18)14-22-15-21-19-12-6-7-13-20(19)22/h1-13,15H,14H2. The highest BCUT2D eigenvalue weighted by Gasteiger charge is 2.07. The van der Waals surface area contributed by atoms with E-state index in [1.54, 1.807) is 0 Å². The van der Waals surface area contributed by atoms with Gasteiger partial charge in [-0.2, -0.15) is 0 Å². The second kappa shape index (κ2) is 5.49. The summed E-state index contributed by atoms with van der Waals surface area (Å²) in [5.41, 5.74) is 6.05. The lowest BCUT2D eigenvalue weighted by Gasteiger charge is -2.11. The van der Waals surface area contributed by atoms with Crippen molar-refractivity contribution in [2.24, 2.45) is 0 Å². The van der Waals surface area contributed by atoms with Gasteiger partial charge in [0.05, 0.1) is 17.4 Å². The van der Waals surface area contributed by atoms with Crippen LogP contribution in [0.1, 0.15) is 5.56 Å². The highest BCUT2D eigenvalue weighted by atomic mass is 15.0. The Hall–Kier alpha value is -2.87. The van der Waals surface area contributed by atoms with E-state index in [1.807, 2.05) is 12.4 Å².